The molecule has 1 aromatic carbocycles. The minimum Gasteiger partial charge on any atom is -0.321 e. The summed E-state index contributed by atoms with van der Waals surface area (Å²) >= 11 is 5.79. The molecular formula is C13H10ClN3O3. The number of aromatic nitrogens is 1. The lowest BCUT2D eigenvalue weighted by Crippen LogP contribution is -2.12. The Hall–Kier alpha value is -2.47. The number of nitro benzene ring substituents is 1. The molecule has 0 radical (unpaired) electrons. The van der Waals surface area contributed by atoms with Gasteiger partial charge in [0, 0.05) is 17.7 Å². The maximum absolute atomic E-state index is 12.0. The minimum atomic E-state index is -0.551. The van der Waals surface area contributed by atoms with Crippen LogP contribution in [0.15, 0.2) is 36.5 Å². The lowest BCUT2D eigenvalue weighted by molar-refractivity contribution is -0.384. The van der Waals surface area contributed by atoms with Crippen LogP contribution < -0.4 is 5.32 Å². The number of nitrogens with one attached hydrogen (secondary N) is 1. The van der Waals surface area contributed by atoms with Crippen LogP contribution >= 0.6 is 11.6 Å². The van der Waals surface area contributed by atoms with Gasteiger partial charge in [0.25, 0.3) is 11.6 Å². The normalized spacial score (nSPS) is 10.1. The van der Waals surface area contributed by atoms with Crippen molar-refractivity contribution >= 4 is 28.9 Å². The SMILES string of the molecule is Cc1cc(NC(=O)c2cccc([N+](=O)[O-])c2)cnc1Cl. The van der Waals surface area contributed by atoms with Crippen molar-refractivity contribution in [2.24, 2.45) is 0 Å². The second-order valence-corrected chi connectivity index (χ2v) is 4.45. The van der Waals surface area contributed by atoms with Gasteiger partial charge in [-0.05, 0) is 24.6 Å². The summed E-state index contributed by atoms with van der Waals surface area (Å²) in [5, 5.41) is 13.6. The standard InChI is InChI=1S/C13H10ClN3O3/c1-8-5-10(7-15-12(8)14)16-13(18)9-3-2-4-11(6-9)17(19)20/h2-7H,1H3,(H,16,18). The van der Waals surface area contributed by atoms with E-state index in [0.29, 0.717) is 10.8 Å². The van der Waals surface area contributed by atoms with E-state index in [-0.39, 0.29) is 11.3 Å². The van der Waals surface area contributed by atoms with Gasteiger partial charge in [0.15, 0.2) is 0 Å². The molecule has 20 heavy (non-hydrogen) atoms. The number of nitrogens with zero attached hydrogens (tertiary/aromatic N) is 2. The van der Waals surface area contributed by atoms with E-state index in [1.807, 2.05) is 0 Å². The van der Waals surface area contributed by atoms with Crippen molar-refractivity contribution in [1.29, 1.82) is 0 Å². The number of hydrogen-bond acceptors (Lipinski definition) is 4. The van der Waals surface area contributed by atoms with E-state index in [4.69, 9.17) is 11.6 Å². The van der Waals surface area contributed by atoms with Crippen LogP contribution in [0.25, 0.3) is 0 Å². The van der Waals surface area contributed by atoms with Crippen LogP contribution in [0.4, 0.5) is 11.4 Å². The van der Waals surface area contributed by atoms with Crippen LogP contribution in [0, 0.1) is 17.0 Å². The number of rotatable bonds is 3. The number of anilines is 1. The van der Waals surface area contributed by atoms with E-state index in [0.717, 1.165) is 5.56 Å². The fourth-order valence-electron chi connectivity index (χ4n) is 1.59. The van der Waals surface area contributed by atoms with Crippen LogP contribution in [0.3, 0.4) is 0 Å². The molecule has 0 fully saturated rings. The number of non-ortho nitro benzene ring substituents is 1. The van der Waals surface area contributed by atoms with Crippen LogP contribution in [0.1, 0.15) is 15.9 Å². The topological polar surface area (TPSA) is 85.1 Å². The average molecular weight is 292 g/mol. The lowest BCUT2D eigenvalue weighted by atomic mass is 10.2. The van der Waals surface area contributed by atoms with Gasteiger partial charge < -0.3 is 5.32 Å². The van der Waals surface area contributed by atoms with Gasteiger partial charge in [0.2, 0.25) is 0 Å². The van der Waals surface area contributed by atoms with Gasteiger partial charge >= 0.3 is 0 Å². The largest absolute Gasteiger partial charge is 0.321 e. The third-order valence-corrected chi connectivity index (χ3v) is 2.99. The summed E-state index contributed by atoms with van der Waals surface area (Å²) in [5.74, 6) is -0.447. The average Bonchev–Trinajstić information content (AvgIpc) is 2.43. The molecule has 0 bridgehead atoms. The van der Waals surface area contributed by atoms with E-state index in [1.54, 1.807) is 13.0 Å². The van der Waals surface area contributed by atoms with Crippen molar-refractivity contribution in [2.45, 2.75) is 6.92 Å². The molecule has 0 atom stereocenters. The highest BCUT2D eigenvalue weighted by molar-refractivity contribution is 6.30. The van der Waals surface area contributed by atoms with Crippen LogP contribution in [-0.2, 0) is 0 Å². The Morgan fingerprint density at radius 2 is 2.15 bits per heavy atom. The molecule has 1 aromatic heterocycles. The van der Waals surface area contributed by atoms with Gasteiger partial charge in [-0.2, -0.15) is 0 Å². The molecule has 2 aromatic rings. The van der Waals surface area contributed by atoms with E-state index in [1.165, 1.54) is 30.5 Å². The molecule has 7 heteroatoms. The summed E-state index contributed by atoms with van der Waals surface area (Å²) < 4.78 is 0. The first-order valence-electron chi connectivity index (χ1n) is 5.65. The highest BCUT2D eigenvalue weighted by atomic mass is 35.5. The van der Waals surface area contributed by atoms with Crippen LogP contribution in [-0.4, -0.2) is 15.8 Å². The monoisotopic (exact) mass is 291 g/mol. The minimum absolute atomic E-state index is 0.136. The Balaban J connectivity index is 2.21. The number of nitro groups is 1. The molecule has 1 N–H and O–H groups in total. The molecule has 0 aliphatic carbocycles. The Kier molecular flexibility index (Phi) is 3.95. The first-order chi connectivity index (χ1) is 9.47. The number of hydrogen-bond donors (Lipinski definition) is 1. The molecule has 0 aliphatic rings. The smallest absolute Gasteiger partial charge is 0.270 e. The van der Waals surface area contributed by atoms with Gasteiger partial charge in [-0.3, -0.25) is 14.9 Å². The van der Waals surface area contributed by atoms with Gasteiger partial charge in [-0.15, -0.1) is 0 Å². The second kappa shape index (κ2) is 5.66. The highest BCUT2D eigenvalue weighted by Gasteiger charge is 2.12. The molecule has 0 spiro atoms. The van der Waals surface area contributed by atoms with Crippen LogP contribution in [0.5, 0.6) is 0 Å². The summed E-state index contributed by atoms with van der Waals surface area (Å²) in [5.41, 5.74) is 1.27. The third-order valence-electron chi connectivity index (χ3n) is 2.59. The zero-order valence-corrected chi connectivity index (χ0v) is 11.2. The van der Waals surface area contributed by atoms with Crippen molar-refractivity contribution in [3.8, 4) is 0 Å². The summed E-state index contributed by atoms with van der Waals surface area (Å²) in [4.78, 5) is 26.0. The first-order valence-corrected chi connectivity index (χ1v) is 6.03. The summed E-state index contributed by atoms with van der Waals surface area (Å²) in [6.45, 7) is 1.76. The lowest BCUT2D eigenvalue weighted by Gasteiger charge is -2.06. The molecule has 2 rings (SSSR count). The Morgan fingerprint density at radius 3 is 2.80 bits per heavy atom. The van der Waals surface area contributed by atoms with Gasteiger partial charge in [0.1, 0.15) is 5.15 Å². The zero-order chi connectivity index (χ0) is 14.7. The maximum Gasteiger partial charge on any atom is 0.270 e. The predicted molar refractivity (Wildman–Crippen MR) is 75.0 cm³/mol. The number of carbonyl (C=O) groups excluding carboxylic acids is 1. The number of amides is 1. The maximum atomic E-state index is 12.0. The predicted octanol–water partition coefficient (Wildman–Crippen LogP) is 3.20. The quantitative estimate of drug-likeness (QED) is 0.534. The van der Waals surface area contributed by atoms with E-state index >= 15 is 0 Å². The Labute approximate surface area is 119 Å². The Morgan fingerprint density at radius 1 is 1.40 bits per heavy atom. The molecule has 0 aliphatic heterocycles. The van der Waals surface area contributed by atoms with E-state index < -0.39 is 10.8 Å². The molecule has 6 nitrogen and oxygen atoms in total. The zero-order valence-electron chi connectivity index (χ0n) is 10.5. The van der Waals surface area contributed by atoms with Crippen molar-refractivity contribution in [2.75, 3.05) is 5.32 Å². The summed E-state index contributed by atoms with van der Waals surface area (Å²) in [6, 6.07) is 7.16. The van der Waals surface area contributed by atoms with Gasteiger partial charge in [-0.25, -0.2) is 4.98 Å². The second-order valence-electron chi connectivity index (χ2n) is 4.09. The van der Waals surface area contributed by atoms with E-state index in [9.17, 15) is 14.9 Å². The molecule has 1 amide bonds. The number of benzene rings is 1. The van der Waals surface area contributed by atoms with Crippen molar-refractivity contribution in [3.63, 3.8) is 0 Å². The molecule has 0 saturated carbocycles. The molecule has 0 saturated heterocycles. The Bertz CT molecular complexity index is 688. The third kappa shape index (κ3) is 3.10. The van der Waals surface area contributed by atoms with E-state index in [2.05, 4.69) is 10.3 Å². The number of aryl methyl sites for hydroxylation is 1. The molecular weight excluding hydrogens is 282 g/mol. The molecule has 0 unspecified atom stereocenters. The molecule has 102 valence electrons. The van der Waals surface area contributed by atoms with Crippen molar-refractivity contribution in [1.82, 2.24) is 4.98 Å². The van der Waals surface area contributed by atoms with Gasteiger partial charge in [-0.1, -0.05) is 17.7 Å². The van der Waals surface area contributed by atoms with Crippen LogP contribution in [0.2, 0.25) is 5.15 Å². The fraction of sp³-hybridized carbons (Fsp3) is 0.0769. The van der Waals surface area contributed by atoms with Gasteiger partial charge in [0.05, 0.1) is 16.8 Å². The van der Waals surface area contributed by atoms with Crippen molar-refractivity contribution in [3.05, 3.63) is 62.9 Å². The number of carbonyl (C=O) groups is 1. The first kappa shape index (κ1) is 14.0. The highest BCUT2D eigenvalue weighted by Crippen LogP contribution is 2.18. The fourth-order valence-corrected chi connectivity index (χ4v) is 1.69. The summed E-state index contributed by atoms with van der Waals surface area (Å²) in [7, 11) is 0. The summed E-state index contributed by atoms with van der Waals surface area (Å²) in [6.07, 6.45) is 1.42. The van der Waals surface area contributed by atoms with Crippen molar-refractivity contribution < 1.29 is 9.72 Å². The number of halogens is 1. The molecule has 1 heterocycles. The number of pyridine rings is 1.